The molecule has 0 amide bonds. The van der Waals surface area contributed by atoms with Crippen molar-refractivity contribution < 1.29 is 4.74 Å². The highest BCUT2D eigenvalue weighted by atomic mass is 79.9. The summed E-state index contributed by atoms with van der Waals surface area (Å²) in [6, 6.07) is 2.61. The first-order chi connectivity index (χ1) is 8.69. The SMILES string of the molecule is CCCc1nc(Br)cc(OCCN(C)C2CC2)n1. The fraction of sp³-hybridized carbons (Fsp3) is 0.692. The van der Waals surface area contributed by atoms with Gasteiger partial charge in [-0.15, -0.1) is 0 Å². The topological polar surface area (TPSA) is 38.2 Å². The van der Waals surface area contributed by atoms with Gasteiger partial charge in [0.2, 0.25) is 5.88 Å². The average Bonchev–Trinajstić information content (AvgIpc) is 3.12. The van der Waals surface area contributed by atoms with Gasteiger partial charge in [0.05, 0.1) is 0 Å². The second kappa shape index (κ2) is 6.48. The Morgan fingerprint density at radius 2 is 2.22 bits per heavy atom. The molecule has 0 bridgehead atoms. The highest BCUT2D eigenvalue weighted by molar-refractivity contribution is 9.10. The maximum absolute atomic E-state index is 5.70. The van der Waals surface area contributed by atoms with Crippen molar-refractivity contribution in [3.05, 3.63) is 16.5 Å². The molecule has 1 aliphatic rings. The third-order valence-electron chi connectivity index (χ3n) is 3.06. The molecule has 1 aliphatic carbocycles. The molecular formula is C13H20BrN3O. The lowest BCUT2D eigenvalue weighted by atomic mass is 10.3. The van der Waals surface area contributed by atoms with E-state index >= 15 is 0 Å². The fourth-order valence-electron chi connectivity index (χ4n) is 1.84. The molecule has 100 valence electrons. The standard InChI is InChI=1S/C13H20BrN3O/c1-3-4-12-15-11(14)9-13(16-12)18-8-7-17(2)10-5-6-10/h9-10H,3-8H2,1-2H3. The van der Waals surface area contributed by atoms with Crippen molar-refractivity contribution in [2.24, 2.45) is 0 Å². The summed E-state index contributed by atoms with van der Waals surface area (Å²) in [4.78, 5) is 11.1. The third kappa shape index (κ3) is 4.21. The third-order valence-corrected chi connectivity index (χ3v) is 3.46. The second-order valence-corrected chi connectivity index (χ2v) is 5.57. The number of rotatable bonds is 7. The molecular weight excluding hydrogens is 294 g/mol. The highest BCUT2D eigenvalue weighted by Crippen LogP contribution is 2.24. The van der Waals surface area contributed by atoms with Crippen LogP contribution in [-0.2, 0) is 6.42 Å². The maximum atomic E-state index is 5.70. The van der Waals surface area contributed by atoms with Crippen molar-refractivity contribution in [3.8, 4) is 5.88 Å². The molecule has 0 atom stereocenters. The van der Waals surface area contributed by atoms with Gasteiger partial charge >= 0.3 is 0 Å². The van der Waals surface area contributed by atoms with Crippen LogP contribution in [0.1, 0.15) is 32.0 Å². The van der Waals surface area contributed by atoms with E-state index in [9.17, 15) is 0 Å². The molecule has 1 heterocycles. The minimum absolute atomic E-state index is 0.671. The predicted molar refractivity (Wildman–Crippen MR) is 74.9 cm³/mol. The quantitative estimate of drug-likeness (QED) is 0.725. The van der Waals surface area contributed by atoms with Gasteiger partial charge < -0.3 is 9.64 Å². The zero-order valence-corrected chi connectivity index (χ0v) is 12.6. The minimum Gasteiger partial charge on any atom is -0.476 e. The van der Waals surface area contributed by atoms with Gasteiger partial charge in [-0.2, -0.15) is 4.98 Å². The van der Waals surface area contributed by atoms with E-state index in [4.69, 9.17) is 4.74 Å². The molecule has 1 saturated carbocycles. The van der Waals surface area contributed by atoms with E-state index in [-0.39, 0.29) is 0 Å². The van der Waals surface area contributed by atoms with E-state index in [1.54, 1.807) is 0 Å². The Kier molecular flexibility index (Phi) is 4.95. The number of nitrogens with zero attached hydrogens (tertiary/aromatic N) is 3. The highest BCUT2D eigenvalue weighted by Gasteiger charge is 2.25. The molecule has 1 aromatic rings. The van der Waals surface area contributed by atoms with E-state index in [0.717, 1.165) is 35.9 Å². The van der Waals surface area contributed by atoms with Crippen molar-refractivity contribution in [1.82, 2.24) is 14.9 Å². The van der Waals surface area contributed by atoms with E-state index in [1.165, 1.54) is 12.8 Å². The lowest BCUT2D eigenvalue weighted by Crippen LogP contribution is -2.26. The first-order valence-electron chi connectivity index (χ1n) is 6.55. The molecule has 0 unspecified atom stereocenters. The minimum atomic E-state index is 0.671. The Labute approximate surface area is 117 Å². The normalized spacial score (nSPS) is 15.1. The van der Waals surface area contributed by atoms with Crippen molar-refractivity contribution in [2.45, 2.75) is 38.6 Å². The molecule has 0 aromatic carbocycles. The van der Waals surface area contributed by atoms with Crippen LogP contribution in [0, 0.1) is 0 Å². The number of hydrogen-bond donors (Lipinski definition) is 0. The maximum Gasteiger partial charge on any atom is 0.217 e. The van der Waals surface area contributed by atoms with Gasteiger partial charge in [0.15, 0.2) is 0 Å². The Morgan fingerprint density at radius 3 is 2.89 bits per heavy atom. The number of ether oxygens (including phenoxy) is 1. The Bertz CT molecular complexity index is 396. The van der Waals surface area contributed by atoms with Gasteiger partial charge in [0.1, 0.15) is 17.0 Å². The molecule has 18 heavy (non-hydrogen) atoms. The number of hydrogen-bond acceptors (Lipinski definition) is 4. The Morgan fingerprint density at radius 1 is 1.44 bits per heavy atom. The Balaban J connectivity index is 1.83. The molecule has 0 N–H and O–H groups in total. The first kappa shape index (κ1) is 13.7. The molecule has 5 heteroatoms. The Hall–Kier alpha value is -0.680. The summed E-state index contributed by atoms with van der Waals surface area (Å²) in [5.41, 5.74) is 0. The van der Waals surface area contributed by atoms with E-state index in [1.807, 2.05) is 6.07 Å². The number of aryl methyl sites for hydroxylation is 1. The molecule has 4 nitrogen and oxygen atoms in total. The molecule has 0 saturated heterocycles. The smallest absolute Gasteiger partial charge is 0.217 e. The second-order valence-electron chi connectivity index (χ2n) is 4.76. The van der Waals surface area contributed by atoms with Gasteiger partial charge in [-0.3, -0.25) is 0 Å². The van der Waals surface area contributed by atoms with Crippen LogP contribution >= 0.6 is 15.9 Å². The number of likely N-dealkylation sites (N-methyl/N-ethyl adjacent to an activating group) is 1. The van der Waals surface area contributed by atoms with Crippen LogP contribution in [0.25, 0.3) is 0 Å². The predicted octanol–water partition coefficient (Wildman–Crippen LogP) is 2.66. The van der Waals surface area contributed by atoms with Crippen LogP contribution in [0.2, 0.25) is 0 Å². The van der Waals surface area contributed by atoms with Crippen molar-refractivity contribution in [3.63, 3.8) is 0 Å². The van der Waals surface area contributed by atoms with Crippen LogP contribution in [0.3, 0.4) is 0 Å². The molecule has 0 spiro atoms. The molecule has 0 aliphatic heterocycles. The number of halogens is 1. The van der Waals surface area contributed by atoms with E-state index in [2.05, 4.69) is 44.8 Å². The lowest BCUT2D eigenvalue weighted by molar-refractivity contribution is 0.225. The summed E-state index contributed by atoms with van der Waals surface area (Å²) in [7, 11) is 2.15. The van der Waals surface area contributed by atoms with Crippen LogP contribution in [-0.4, -0.2) is 41.1 Å². The monoisotopic (exact) mass is 313 g/mol. The molecule has 0 radical (unpaired) electrons. The molecule has 2 rings (SSSR count). The van der Waals surface area contributed by atoms with Gasteiger partial charge in [0.25, 0.3) is 0 Å². The lowest BCUT2D eigenvalue weighted by Gasteiger charge is -2.15. The largest absolute Gasteiger partial charge is 0.476 e. The van der Waals surface area contributed by atoms with Gasteiger partial charge in [-0.1, -0.05) is 6.92 Å². The van der Waals surface area contributed by atoms with E-state index in [0.29, 0.717) is 12.5 Å². The first-order valence-corrected chi connectivity index (χ1v) is 7.35. The fourth-order valence-corrected chi connectivity index (χ4v) is 2.24. The summed E-state index contributed by atoms with van der Waals surface area (Å²) in [5, 5.41) is 0. The molecule has 1 fully saturated rings. The van der Waals surface area contributed by atoms with Crippen LogP contribution in [0.5, 0.6) is 5.88 Å². The van der Waals surface area contributed by atoms with E-state index < -0.39 is 0 Å². The van der Waals surface area contributed by atoms with Crippen LogP contribution < -0.4 is 4.74 Å². The summed E-state index contributed by atoms with van der Waals surface area (Å²) in [6.07, 6.45) is 4.59. The van der Waals surface area contributed by atoms with Gasteiger partial charge in [0, 0.05) is 25.1 Å². The van der Waals surface area contributed by atoms with Gasteiger partial charge in [-0.05, 0) is 42.2 Å². The van der Waals surface area contributed by atoms with Gasteiger partial charge in [-0.25, -0.2) is 4.98 Å². The zero-order chi connectivity index (χ0) is 13.0. The summed E-state index contributed by atoms with van der Waals surface area (Å²) in [5.74, 6) is 1.52. The molecule has 1 aromatic heterocycles. The van der Waals surface area contributed by atoms with Crippen molar-refractivity contribution in [1.29, 1.82) is 0 Å². The van der Waals surface area contributed by atoms with Crippen LogP contribution in [0.4, 0.5) is 0 Å². The summed E-state index contributed by atoms with van der Waals surface area (Å²) >= 11 is 3.40. The summed E-state index contributed by atoms with van der Waals surface area (Å²) in [6.45, 7) is 3.76. The summed E-state index contributed by atoms with van der Waals surface area (Å²) < 4.78 is 6.50. The number of aromatic nitrogens is 2. The van der Waals surface area contributed by atoms with Crippen LogP contribution in [0.15, 0.2) is 10.7 Å². The average molecular weight is 314 g/mol. The van der Waals surface area contributed by atoms with Crippen molar-refractivity contribution in [2.75, 3.05) is 20.2 Å². The van der Waals surface area contributed by atoms with Crippen molar-refractivity contribution >= 4 is 15.9 Å². The zero-order valence-electron chi connectivity index (χ0n) is 11.0.